The second-order valence-corrected chi connectivity index (χ2v) is 5.14. The fourth-order valence-corrected chi connectivity index (χ4v) is 2.38. The third kappa shape index (κ3) is 4.65. The fourth-order valence-electron chi connectivity index (χ4n) is 2.38. The van der Waals surface area contributed by atoms with Gasteiger partial charge in [0.2, 0.25) is 5.91 Å². The highest BCUT2D eigenvalue weighted by Crippen LogP contribution is 2.18. The molecule has 0 spiro atoms. The molecular weight excluding hydrogens is 299 g/mol. The number of rotatable bonds is 4. The summed E-state index contributed by atoms with van der Waals surface area (Å²) in [6, 6.07) is 0. The Hall–Kier alpha value is -0.780. The van der Waals surface area contributed by atoms with Crippen LogP contribution in [0, 0.1) is 6.92 Å². The summed E-state index contributed by atoms with van der Waals surface area (Å²) in [6.45, 7) is 6.31. The number of carbonyl (C=O) groups is 1. The molecule has 0 saturated carbocycles. The van der Waals surface area contributed by atoms with E-state index in [-0.39, 0.29) is 36.3 Å². The lowest BCUT2D eigenvalue weighted by molar-refractivity contribution is -0.127. The van der Waals surface area contributed by atoms with E-state index in [2.05, 4.69) is 15.6 Å². The first-order valence-electron chi connectivity index (χ1n) is 6.63. The Morgan fingerprint density at radius 3 is 2.80 bits per heavy atom. The first kappa shape index (κ1) is 19.2. The maximum absolute atomic E-state index is 12.1. The molecule has 116 valence electrons. The van der Waals surface area contributed by atoms with Crippen molar-refractivity contribution < 1.29 is 4.79 Å². The Morgan fingerprint density at radius 2 is 2.25 bits per heavy atom. The largest absolute Gasteiger partial charge is 0.353 e. The molecule has 20 heavy (non-hydrogen) atoms. The highest BCUT2D eigenvalue weighted by molar-refractivity contribution is 5.86. The molecule has 1 aliphatic heterocycles. The number of carbonyl (C=O) groups excluding carboxylic acids is 1. The number of hydrogen-bond acceptors (Lipinski definition) is 3. The molecule has 2 N–H and O–H groups in total. The zero-order chi connectivity index (χ0) is 13.0. The van der Waals surface area contributed by atoms with Crippen molar-refractivity contribution in [3.05, 3.63) is 18.2 Å². The van der Waals surface area contributed by atoms with Crippen LogP contribution in [0.3, 0.4) is 0 Å². The Labute approximate surface area is 132 Å². The SMILES string of the molecule is Cc1nccn1CCNC(=O)C1(C)CCCCN1.Cl.Cl. The minimum Gasteiger partial charge on any atom is -0.353 e. The van der Waals surface area contributed by atoms with Crippen molar-refractivity contribution in [1.29, 1.82) is 0 Å². The van der Waals surface area contributed by atoms with Gasteiger partial charge in [-0.25, -0.2) is 4.98 Å². The molecule has 1 aromatic rings. The van der Waals surface area contributed by atoms with Crippen LogP contribution in [0.25, 0.3) is 0 Å². The van der Waals surface area contributed by atoms with Gasteiger partial charge in [0.05, 0.1) is 5.54 Å². The molecule has 0 aromatic carbocycles. The molecule has 0 aliphatic carbocycles. The summed E-state index contributed by atoms with van der Waals surface area (Å²) in [5.41, 5.74) is -0.387. The molecule has 0 bridgehead atoms. The van der Waals surface area contributed by atoms with Gasteiger partial charge in [0.1, 0.15) is 5.82 Å². The van der Waals surface area contributed by atoms with Crippen LogP contribution in [0.5, 0.6) is 0 Å². The summed E-state index contributed by atoms with van der Waals surface area (Å²) < 4.78 is 2.04. The molecule has 1 aliphatic rings. The van der Waals surface area contributed by atoms with Crippen molar-refractivity contribution >= 4 is 30.7 Å². The smallest absolute Gasteiger partial charge is 0.240 e. The van der Waals surface area contributed by atoms with Gasteiger partial charge in [0.25, 0.3) is 0 Å². The van der Waals surface area contributed by atoms with Crippen LogP contribution in [0.4, 0.5) is 0 Å². The quantitative estimate of drug-likeness (QED) is 0.886. The van der Waals surface area contributed by atoms with E-state index >= 15 is 0 Å². The van der Waals surface area contributed by atoms with Crippen LogP contribution in [0.1, 0.15) is 32.0 Å². The molecule has 5 nitrogen and oxygen atoms in total. The fraction of sp³-hybridized carbons (Fsp3) is 0.692. The van der Waals surface area contributed by atoms with Crippen molar-refractivity contribution in [3.8, 4) is 0 Å². The van der Waals surface area contributed by atoms with Crippen LogP contribution in [0.15, 0.2) is 12.4 Å². The number of aromatic nitrogens is 2. The van der Waals surface area contributed by atoms with E-state index in [4.69, 9.17) is 0 Å². The van der Waals surface area contributed by atoms with Gasteiger partial charge in [0.15, 0.2) is 0 Å². The van der Waals surface area contributed by atoms with E-state index in [9.17, 15) is 4.79 Å². The standard InChI is InChI=1S/C13H22N4O.2ClH/c1-11-14-7-9-17(11)10-8-15-12(18)13(2)5-3-4-6-16-13;;/h7,9,16H,3-6,8,10H2,1-2H3,(H,15,18);2*1H. The molecular formula is C13H24Cl2N4O. The summed E-state index contributed by atoms with van der Waals surface area (Å²) in [4.78, 5) is 16.3. The average Bonchev–Trinajstić information content (AvgIpc) is 2.76. The molecule has 1 unspecified atom stereocenters. The number of imidazole rings is 1. The second kappa shape index (κ2) is 8.49. The van der Waals surface area contributed by atoms with Crippen molar-refractivity contribution in [2.24, 2.45) is 0 Å². The number of piperidine rings is 1. The molecule has 1 fully saturated rings. The van der Waals surface area contributed by atoms with Gasteiger partial charge < -0.3 is 15.2 Å². The number of hydrogen-bond donors (Lipinski definition) is 2. The van der Waals surface area contributed by atoms with E-state index in [1.807, 2.05) is 24.6 Å². The molecule has 7 heteroatoms. The molecule has 1 saturated heterocycles. The number of nitrogens with one attached hydrogen (secondary N) is 2. The van der Waals surface area contributed by atoms with Crippen LogP contribution in [0.2, 0.25) is 0 Å². The van der Waals surface area contributed by atoms with Crippen molar-refractivity contribution in [2.75, 3.05) is 13.1 Å². The first-order valence-corrected chi connectivity index (χ1v) is 6.63. The summed E-state index contributed by atoms with van der Waals surface area (Å²) >= 11 is 0. The minimum absolute atomic E-state index is 0. The van der Waals surface area contributed by atoms with Gasteiger partial charge in [-0.15, -0.1) is 24.8 Å². The predicted molar refractivity (Wildman–Crippen MR) is 84.7 cm³/mol. The van der Waals surface area contributed by atoms with Gasteiger partial charge in [-0.3, -0.25) is 4.79 Å². The zero-order valence-corrected chi connectivity index (χ0v) is 13.6. The summed E-state index contributed by atoms with van der Waals surface area (Å²) in [5, 5.41) is 6.33. The monoisotopic (exact) mass is 322 g/mol. The predicted octanol–water partition coefficient (Wildman–Crippen LogP) is 1.68. The van der Waals surface area contributed by atoms with Gasteiger partial charge in [-0.05, 0) is 39.7 Å². The van der Waals surface area contributed by atoms with E-state index in [0.717, 1.165) is 38.2 Å². The van der Waals surface area contributed by atoms with E-state index < -0.39 is 0 Å². The second-order valence-electron chi connectivity index (χ2n) is 5.14. The van der Waals surface area contributed by atoms with Crippen LogP contribution in [-0.2, 0) is 11.3 Å². The van der Waals surface area contributed by atoms with E-state index in [1.165, 1.54) is 0 Å². The number of amides is 1. The Balaban J connectivity index is 0.00000180. The molecule has 1 amide bonds. The highest BCUT2D eigenvalue weighted by atomic mass is 35.5. The van der Waals surface area contributed by atoms with E-state index in [1.54, 1.807) is 6.20 Å². The maximum atomic E-state index is 12.1. The van der Waals surface area contributed by atoms with Gasteiger partial charge in [-0.2, -0.15) is 0 Å². The zero-order valence-electron chi connectivity index (χ0n) is 12.0. The topological polar surface area (TPSA) is 59.0 Å². The Morgan fingerprint density at radius 1 is 1.50 bits per heavy atom. The van der Waals surface area contributed by atoms with Crippen molar-refractivity contribution in [3.63, 3.8) is 0 Å². The van der Waals surface area contributed by atoms with Crippen molar-refractivity contribution in [2.45, 2.75) is 45.2 Å². The molecule has 0 radical (unpaired) electrons. The lowest BCUT2D eigenvalue weighted by atomic mass is 9.90. The van der Waals surface area contributed by atoms with Gasteiger partial charge in [0, 0.05) is 25.5 Å². The van der Waals surface area contributed by atoms with Crippen molar-refractivity contribution in [1.82, 2.24) is 20.2 Å². The number of nitrogens with zero attached hydrogens (tertiary/aromatic N) is 2. The van der Waals surface area contributed by atoms with Crippen LogP contribution < -0.4 is 10.6 Å². The summed E-state index contributed by atoms with van der Waals surface area (Å²) in [5.74, 6) is 1.09. The third-order valence-corrected chi connectivity index (χ3v) is 3.68. The van der Waals surface area contributed by atoms with E-state index in [0.29, 0.717) is 6.54 Å². The number of aryl methyl sites for hydroxylation is 1. The molecule has 1 aromatic heterocycles. The van der Waals surface area contributed by atoms with Crippen LogP contribution >= 0.6 is 24.8 Å². The van der Waals surface area contributed by atoms with Gasteiger partial charge in [-0.1, -0.05) is 0 Å². The third-order valence-electron chi connectivity index (χ3n) is 3.68. The number of halogens is 2. The summed E-state index contributed by atoms with van der Waals surface area (Å²) in [6.07, 6.45) is 6.92. The highest BCUT2D eigenvalue weighted by Gasteiger charge is 2.33. The van der Waals surface area contributed by atoms with Crippen LogP contribution in [-0.4, -0.2) is 34.1 Å². The minimum atomic E-state index is -0.387. The molecule has 2 rings (SSSR count). The first-order chi connectivity index (χ1) is 8.62. The Bertz CT molecular complexity index is 416. The maximum Gasteiger partial charge on any atom is 0.240 e. The summed E-state index contributed by atoms with van der Waals surface area (Å²) in [7, 11) is 0. The lowest BCUT2D eigenvalue weighted by Crippen LogP contribution is -2.57. The average molecular weight is 323 g/mol. The molecule has 2 heterocycles. The van der Waals surface area contributed by atoms with Gasteiger partial charge >= 0.3 is 0 Å². The Kier molecular flexibility index (Phi) is 8.16. The molecule has 1 atom stereocenters. The lowest BCUT2D eigenvalue weighted by Gasteiger charge is -2.33. The normalized spacial score (nSPS) is 21.5.